The lowest BCUT2D eigenvalue weighted by molar-refractivity contribution is -0.133. The number of carbonyl (C=O) groups is 1. The Labute approximate surface area is 152 Å². The molecule has 3 saturated heterocycles. The Morgan fingerprint density at radius 3 is 2.35 bits per heavy atom. The predicted octanol–water partition coefficient (Wildman–Crippen LogP) is 1.54. The fraction of sp³-hybridized carbons (Fsp3) is 0.938. The van der Waals surface area contributed by atoms with Crippen LogP contribution in [0, 0.1) is 5.92 Å². The van der Waals surface area contributed by atoms with Crippen molar-refractivity contribution >= 4 is 30.7 Å². The fourth-order valence-electron chi connectivity index (χ4n) is 3.83. The van der Waals surface area contributed by atoms with Gasteiger partial charge in [0.2, 0.25) is 5.91 Å². The van der Waals surface area contributed by atoms with Crippen LogP contribution in [0.25, 0.3) is 0 Å². The molecule has 0 spiro atoms. The Kier molecular flexibility index (Phi) is 9.78. The number of halogens is 2. The minimum atomic E-state index is 0. The number of nitrogens with one attached hydrogen (secondary N) is 1. The highest BCUT2D eigenvalue weighted by Gasteiger charge is 2.27. The van der Waals surface area contributed by atoms with E-state index in [2.05, 4.69) is 15.1 Å². The first kappa shape index (κ1) is 21.0. The van der Waals surface area contributed by atoms with Crippen LogP contribution in [-0.4, -0.2) is 74.2 Å². The number of rotatable bonds is 4. The maximum atomic E-state index is 12.3. The molecule has 3 heterocycles. The molecule has 0 bridgehead atoms. The molecule has 1 unspecified atom stereocenters. The van der Waals surface area contributed by atoms with E-state index in [1.807, 2.05) is 0 Å². The number of hydrogen-bond acceptors (Lipinski definition) is 4. The second kappa shape index (κ2) is 10.7. The lowest BCUT2D eigenvalue weighted by Gasteiger charge is -2.40. The van der Waals surface area contributed by atoms with Crippen molar-refractivity contribution < 1.29 is 9.53 Å². The Hall–Kier alpha value is -0.0700. The van der Waals surface area contributed by atoms with Crippen molar-refractivity contribution in [2.45, 2.75) is 38.1 Å². The van der Waals surface area contributed by atoms with Gasteiger partial charge in [-0.3, -0.25) is 9.69 Å². The number of nitrogens with zero attached hydrogens (tertiary/aromatic N) is 2. The van der Waals surface area contributed by atoms with Gasteiger partial charge in [0.25, 0.3) is 0 Å². The average Bonchev–Trinajstić information content (AvgIpc) is 3.07. The Morgan fingerprint density at radius 2 is 1.74 bits per heavy atom. The summed E-state index contributed by atoms with van der Waals surface area (Å²) in [5.41, 5.74) is 0. The molecular weight excluding hydrogens is 337 g/mol. The van der Waals surface area contributed by atoms with Gasteiger partial charge < -0.3 is 15.0 Å². The minimum Gasteiger partial charge on any atom is -0.381 e. The molecule has 23 heavy (non-hydrogen) atoms. The van der Waals surface area contributed by atoms with Crippen LogP contribution in [0.15, 0.2) is 0 Å². The van der Waals surface area contributed by atoms with Gasteiger partial charge in [0, 0.05) is 51.9 Å². The van der Waals surface area contributed by atoms with Gasteiger partial charge in [-0.15, -0.1) is 24.8 Å². The zero-order chi connectivity index (χ0) is 14.5. The van der Waals surface area contributed by atoms with E-state index in [4.69, 9.17) is 4.74 Å². The molecule has 0 saturated carbocycles. The molecule has 5 nitrogen and oxygen atoms in total. The summed E-state index contributed by atoms with van der Waals surface area (Å²) in [4.78, 5) is 16.9. The van der Waals surface area contributed by atoms with Crippen LogP contribution in [-0.2, 0) is 9.53 Å². The van der Waals surface area contributed by atoms with E-state index in [9.17, 15) is 4.79 Å². The third-order valence-electron chi connectivity index (χ3n) is 5.30. The van der Waals surface area contributed by atoms with Gasteiger partial charge in [0.1, 0.15) is 0 Å². The third kappa shape index (κ3) is 6.05. The van der Waals surface area contributed by atoms with Crippen molar-refractivity contribution in [3.8, 4) is 0 Å². The van der Waals surface area contributed by atoms with Crippen LogP contribution in [0.2, 0.25) is 0 Å². The van der Waals surface area contributed by atoms with Crippen molar-refractivity contribution in [1.82, 2.24) is 15.1 Å². The molecule has 1 atom stereocenters. The molecule has 3 fully saturated rings. The fourth-order valence-corrected chi connectivity index (χ4v) is 3.83. The first-order chi connectivity index (χ1) is 10.3. The Morgan fingerprint density at radius 1 is 1.04 bits per heavy atom. The first-order valence-electron chi connectivity index (χ1n) is 8.63. The van der Waals surface area contributed by atoms with E-state index in [1.54, 1.807) is 0 Å². The van der Waals surface area contributed by atoms with E-state index in [-0.39, 0.29) is 24.8 Å². The molecule has 0 aromatic rings. The summed E-state index contributed by atoms with van der Waals surface area (Å²) >= 11 is 0. The smallest absolute Gasteiger partial charge is 0.222 e. The lowest BCUT2D eigenvalue weighted by Crippen LogP contribution is -2.53. The first-order valence-corrected chi connectivity index (χ1v) is 8.63. The molecule has 3 aliphatic heterocycles. The summed E-state index contributed by atoms with van der Waals surface area (Å²) in [7, 11) is 0. The summed E-state index contributed by atoms with van der Waals surface area (Å²) in [5.74, 6) is 1.09. The maximum absolute atomic E-state index is 12.3. The van der Waals surface area contributed by atoms with Crippen LogP contribution in [0.1, 0.15) is 32.1 Å². The summed E-state index contributed by atoms with van der Waals surface area (Å²) < 4.78 is 5.43. The van der Waals surface area contributed by atoms with Crippen LogP contribution in [0.3, 0.4) is 0 Å². The van der Waals surface area contributed by atoms with Crippen LogP contribution in [0.5, 0.6) is 0 Å². The molecule has 1 N–H and O–H groups in total. The molecule has 136 valence electrons. The van der Waals surface area contributed by atoms with Gasteiger partial charge in [-0.05, 0) is 44.7 Å². The summed E-state index contributed by atoms with van der Waals surface area (Å²) in [5, 5.41) is 3.38. The van der Waals surface area contributed by atoms with Gasteiger partial charge in [-0.2, -0.15) is 0 Å². The molecular formula is C16H31Cl2N3O2. The zero-order valence-electron chi connectivity index (χ0n) is 13.9. The second-order valence-corrected chi connectivity index (χ2v) is 6.66. The topological polar surface area (TPSA) is 44.8 Å². The van der Waals surface area contributed by atoms with Gasteiger partial charge in [0.15, 0.2) is 0 Å². The number of hydrogen-bond donors (Lipinski definition) is 1. The van der Waals surface area contributed by atoms with Gasteiger partial charge in [0.05, 0.1) is 0 Å². The van der Waals surface area contributed by atoms with E-state index in [1.165, 1.54) is 6.42 Å². The predicted molar refractivity (Wildman–Crippen MR) is 96.7 cm³/mol. The van der Waals surface area contributed by atoms with Gasteiger partial charge in [-0.1, -0.05) is 0 Å². The zero-order valence-corrected chi connectivity index (χ0v) is 15.5. The van der Waals surface area contributed by atoms with Crippen molar-refractivity contribution in [1.29, 1.82) is 0 Å². The normalized spacial score (nSPS) is 26.4. The van der Waals surface area contributed by atoms with E-state index in [0.29, 0.717) is 11.9 Å². The minimum absolute atomic E-state index is 0. The van der Waals surface area contributed by atoms with Crippen LogP contribution in [0.4, 0.5) is 0 Å². The lowest BCUT2D eigenvalue weighted by atomic mass is 10.0. The number of ether oxygens (including phenoxy) is 1. The second-order valence-electron chi connectivity index (χ2n) is 6.66. The number of piperazine rings is 1. The molecule has 3 rings (SSSR count). The van der Waals surface area contributed by atoms with Crippen molar-refractivity contribution in [3.63, 3.8) is 0 Å². The molecule has 1 amide bonds. The average molecular weight is 368 g/mol. The van der Waals surface area contributed by atoms with Crippen molar-refractivity contribution in [2.75, 3.05) is 52.5 Å². The SMILES string of the molecule is Cl.Cl.O=C(CCC1CCNC1)N1CCN(C2CCOCC2)CC1. The van der Waals surface area contributed by atoms with Gasteiger partial charge in [-0.25, -0.2) is 0 Å². The van der Waals surface area contributed by atoms with Crippen LogP contribution < -0.4 is 5.32 Å². The highest BCUT2D eigenvalue weighted by atomic mass is 35.5. The third-order valence-corrected chi connectivity index (χ3v) is 5.30. The quantitative estimate of drug-likeness (QED) is 0.818. The largest absolute Gasteiger partial charge is 0.381 e. The summed E-state index contributed by atoms with van der Waals surface area (Å²) in [6.45, 7) is 7.95. The molecule has 0 aliphatic carbocycles. The highest BCUT2D eigenvalue weighted by molar-refractivity contribution is 5.85. The number of carbonyl (C=O) groups excluding carboxylic acids is 1. The summed E-state index contributed by atoms with van der Waals surface area (Å²) in [6, 6.07) is 0.681. The monoisotopic (exact) mass is 367 g/mol. The molecule has 0 aromatic heterocycles. The number of amides is 1. The molecule has 0 radical (unpaired) electrons. The highest BCUT2D eigenvalue weighted by Crippen LogP contribution is 2.18. The molecule has 7 heteroatoms. The van der Waals surface area contributed by atoms with Crippen molar-refractivity contribution in [3.05, 3.63) is 0 Å². The standard InChI is InChI=1S/C16H29N3O2.2ClH/c20-16(2-1-14-3-6-17-13-14)19-9-7-18(8-10-19)15-4-11-21-12-5-15;;/h14-15,17H,1-13H2;2*1H. The summed E-state index contributed by atoms with van der Waals surface area (Å²) in [6.07, 6.45) is 5.35. The van der Waals surface area contributed by atoms with E-state index >= 15 is 0 Å². The van der Waals surface area contributed by atoms with Gasteiger partial charge >= 0.3 is 0 Å². The van der Waals surface area contributed by atoms with E-state index < -0.39 is 0 Å². The molecule has 3 aliphatic rings. The van der Waals surface area contributed by atoms with Crippen molar-refractivity contribution in [2.24, 2.45) is 5.92 Å². The van der Waals surface area contributed by atoms with E-state index in [0.717, 1.165) is 84.1 Å². The maximum Gasteiger partial charge on any atom is 0.222 e. The molecule has 0 aromatic carbocycles. The Bertz CT molecular complexity index is 340. The van der Waals surface area contributed by atoms with Crippen LogP contribution >= 0.6 is 24.8 Å². The Balaban J connectivity index is 0.00000132.